The van der Waals surface area contributed by atoms with E-state index < -0.39 is 17.8 Å². The number of nitrogens with zero attached hydrogens (tertiary/aromatic N) is 1. The number of aromatic carboxylic acids is 1. The molecule has 0 spiro atoms. The first-order valence-corrected chi connectivity index (χ1v) is 9.25. The second kappa shape index (κ2) is 7.76. The van der Waals surface area contributed by atoms with Crippen molar-refractivity contribution in [3.8, 4) is 11.3 Å². The maximum absolute atomic E-state index is 12.9. The normalized spacial score (nSPS) is 15.4. The van der Waals surface area contributed by atoms with Gasteiger partial charge in [-0.15, -0.1) is 0 Å². The van der Waals surface area contributed by atoms with Crippen molar-refractivity contribution in [2.45, 2.75) is 0 Å². The lowest BCUT2D eigenvalue weighted by atomic mass is 10.1. The Hall–Kier alpha value is -4.04. The zero-order chi connectivity index (χ0) is 21.3. The molecule has 2 N–H and O–H groups in total. The summed E-state index contributed by atoms with van der Waals surface area (Å²) in [5.74, 6) is -1.56. The minimum Gasteiger partial charge on any atom is -0.478 e. The van der Waals surface area contributed by atoms with Crippen molar-refractivity contribution >= 4 is 46.9 Å². The van der Waals surface area contributed by atoms with Crippen molar-refractivity contribution in [1.29, 1.82) is 0 Å². The fourth-order valence-corrected chi connectivity index (χ4v) is 3.28. The highest BCUT2D eigenvalue weighted by atomic mass is 32.1. The Morgan fingerprint density at radius 2 is 1.80 bits per heavy atom. The SMILES string of the molecule is O=C1NC(=S)N(c2ccccc2)C(=O)C1=Cc1ccc(-c2cccc(C(=O)O)c2)o1. The quantitative estimate of drug-likeness (QED) is 0.382. The van der Waals surface area contributed by atoms with Crippen LogP contribution in [0.1, 0.15) is 16.1 Å². The van der Waals surface area contributed by atoms with Crippen LogP contribution in [0.4, 0.5) is 5.69 Å². The van der Waals surface area contributed by atoms with Gasteiger partial charge in [-0.2, -0.15) is 0 Å². The van der Waals surface area contributed by atoms with Gasteiger partial charge in [0, 0.05) is 5.56 Å². The van der Waals surface area contributed by atoms with Gasteiger partial charge in [0.1, 0.15) is 17.1 Å². The number of amides is 2. The number of furan rings is 1. The van der Waals surface area contributed by atoms with E-state index in [1.807, 2.05) is 0 Å². The van der Waals surface area contributed by atoms with E-state index in [2.05, 4.69) is 5.32 Å². The number of rotatable bonds is 4. The molecule has 0 atom stereocenters. The number of hydrogen-bond donors (Lipinski definition) is 2. The summed E-state index contributed by atoms with van der Waals surface area (Å²) in [5.41, 5.74) is 1.08. The number of anilines is 1. The van der Waals surface area contributed by atoms with E-state index in [0.29, 0.717) is 17.0 Å². The molecule has 2 amide bonds. The van der Waals surface area contributed by atoms with Crippen molar-refractivity contribution in [3.05, 3.63) is 83.6 Å². The first-order valence-electron chi connectivity index (χ1n) is 8.84. The lowest BCUT2D eigenvalue weighted by molar-refractivity contribution is -0.122. The molecule has 1 aliphatic heterocycles. The van der Waals surface area contributed by atoms with Crippen LogP contribution in [-0.4, -0.2) is 28.0 Å². The summed E-state index contributed by atoms with van der Waals surface area (Å²) in [6.45, 7) is 0. The van der Waals surface area contributed by atoms with Crippen molar-refractivity contribution in [1.82, 2.24) is 5.32 Å². The molecule has 8 heteroatoms. The van der Waals surface area contributed by atoms with Gasteiger partial charge in [-0.1, -0.05) is 30.3 Å². The van der Waals surface area contributed by atoms with E-state index in [-0.39, 0.29) is 22.0 Å². The van der Waals surface area contributed by atoms with Crippen LogP contribution >= 0.6 is 12.2 Å². The first kappa shape index (κ1) is 19.3. The third-order valence-electron chi connectivity index (χ3n) is 4.42. The van der Waals surface area contributed by atoms with Crippen LogP contribution in [0.2, 0.25) is 0 Å². The Morgan fingerprint density at radius 3 is 2.53 bits per heavy atom. The number of carbonyl (C=O) groups excluding carboxylic acids is 2. The largest absolute Gasteiger partial charge is 0.478 e. The van der Waals surface area contributed by atoms with Crippen LogP contribution in [0.5, 0.6) is 0 Å². The third-order valence-corrected chi connectivity index (χ3v) is 4.71. The molecule has 0 saturated carbocycles. The fourth-order valence-electron chi connectivity index (χ4n) is 3.00. The van der Waals surface area contributed by atoms with E-state index >= 15 is 0 Å². The number of hydrogen-bond acceptors (Lipinski definition) is 5. The fraction of sp³-hybridized carbons (Fsp3) is 0. The Labute approximate surface area is 176 Å². The van der Waals surface area contributed by atoms with Gasteiger partial charge in [0.15, 0.2) is 5.11 Å². The minimum absolute atomic E-state index is 0.000954. The molecule has 2 heterocycles. The topological polar surface area (TPSA) is 99.9 Å². The molecule has 0 radical (unpaired) electrons. The molecule has 1 aromatic heterocycles. The van der Waals surface area contributed by atoms with Crippen molar-refractivity contribution in [2.24, 2.45) is 0 Å². The predicted octanol–water partition coefficient (Wildman–Crippen LogP) is 3.48. The smallest absolute Gasteiger partial charge is 0.335 e. The van der Waals surface area contributed by atoms with Gasteiger partial charge in [-0.05, 0) is 54.7 Å². The summed E-state index contributed by atoms with van der Waals surface area (Å²) < 4.78 is 5.72. The van der Waals surface area contributed by atoms with Gasteiger partial charge in [0.25, 0.3) is 11.8 Å². The third kappa shape index (κ3) is 3.63. The van der Waals surface area contributed by atoms with Crippen LogP contribution in [0.15, 0.2) is 76.7 Å². The lowest BCUT2D eigenvalue weighted by Crippen LogP contribution is -2.54. The molecule has 148 valence electrons. The van der Waals surface area contributed by atoms with E-state index in [9.17, 15) is 14.4 Å². The number of para-hydroxylation sites is 1. The average Bonchev–Trinajstić information content (AvgIpc) is 3.21. The summed E-state index contributed by atoms with van der Waals surface area (Å²) in [5, 5.41) is 11.6. The standard InChI is InChI=1S/C22H14N2O5S/c25-19-17(20(26)24(22(30)23-19)15-7-2-1-3-8-15)12-16-9-10-18(29-16)13-5-4-6-14(11-13)21(27)28/h1-12H,(H,27,28)(H,23,25,30). The summed E-state index contributed by atoms with van der Waals surface area (Å²) in [6.07, 6.45) is 1.33. The second-order valence-corrected chi connectivity index (χ2v) is 6.77. The van der Waals surface area contributed by atoms with Crippen LogP contribution in [-0.2, 0) is 9.59 Å². The molecular weight excluding hydrogens is 404 g/mol. The van der Waals surface area contributed by atoms with Gasteiger partial charge in [0.2, 0.25) is 0 Å². The average molecular weight is 418 g/mol. The number of carbonyl (C=O) groups is 3. The van der Waals surface area contributed by atoms with Crippen LogP contribution in [0.25, 0.3) is 17.4 Å². The molecule has 1 saturated heterocycles. The van der Waals surface area contributed by atoms with Gasteiger partial charge < -0.3 is 9.52 Å². The number of thiocarbonyl (C=S) groups is 1. The second-order valence-electron chi connectivity index (χ2n) is 6.38. The Balaban J connectivity index is 1.67. The number of benzene rings is 2. The molecule has 2 aromatic carbocycles. The highest BCUT2D eigenvalue weighted by Crippen LogP contribution is 2.26. The summed E-state index contributed by atoms with van der Waals surface area (Å²) in [6, 6.07) is 18.2. The lowest BCUT2D eigenvalue weighted by Gasteiger charge is -2.28. The minimum atomic E-state index is -1.05. The number of carboxylic acids is 1. The monoisotopic (exact) mass is 418 g/mol. The van der Waals surface area contributed by atoms with Crippen LogP contribution < -0.4 is 10.2 Å². The highest BCUT2D eigenvalue weighted by Gasteiger charge is 2.34. The molecule has 30 heavy (non-hydrogen) atoms. The summed E-state index contributed by atoms with van der Waals surface area (Å²) in [4.78, 5) is 37.7. The Bertz CT molecular complexity index is 1210. The molecule has 1 aliphatic rings. The molecule has 0 aliphatic carbocycles. The summed E-state index contributed by atoms with van der Waals surface area (Å²) in [7, 11) is 0. The van der Waals surface area contributed by atoms with Gasteiger partial charge >= 0.3 is 5.97 Å². The molecule has 1 fully saturated rings. The molecule has 4 rings (SSSR count). The number of carboxylic acid groups (broad SMARTS) is 1. The van der Waals surface area contributed by atoms with Crippen LogP contribution in [0.3, 0.4) is 0 Å². The zero-order valence-corrected chi connectivity index (χ0v) is 16.2. The van der Waals surface area contributed by atoms with E-state index in [1.165, 1.54) is 23.1 Å². The maximum Gasteiger partial charge on any atom is 0.335 e. The van der Waals surface area contributed by atoms with Gasteiger partial charge in [-0.25, -0.2) is 4.79 Å². The predicted molar refractivity (Wildman–Crippen MR) is 114 cm³/mol. The van der Waals surface area contributed by atoms with Crippen LogP contribution in [0, 0.1) is 0 Å². The zero-order valence-electron chi connectivity index (χ0n) is 15.4. The molecule has 0 unspecified atom stereocenters. The summed E-state index contributed by atoms with van der Waals surface area (Å²) >= 11 is 5.16. The Morgan fingerprint density at radius 1 is 1.03 bits per heavy atom. The number of nitrogens with one attached hydrogen (secondary N) is 1. The molecule has 3 aromatic rings. The maximum atomic E-state index is 12.9. The van der Waals surface area contributed by atoms with Gasteiger partial charge in [-0.3, -0.25) is 19.8 Å². The first-order chi connectivity index (χ1) is 14.4. The highest BCUT2D eigenvalue weighted by molar-refractivity contribution is 7.80. The molecule has 0 bridgehead atoms. The van der Waals surface area contributed by atoms with Crippen molar-refractivity contribution < 1.29 is 23.9 Å². The van der Waals surface area contributed by atoms with Crippen molar-refractivity contribution in [2.75, 3.05) is 4.90 Å². The van der Waals surface area contributed by atoms with Crippen molar-refractivity contribution in [3.63, 3.8) is 0 Å². The van der Waals surface area contributed by atoms with E-state index in [1.54, 1.807) is 54.6 Å². The molecular formula is C22H14N2O5S. The van der Waals surface area contributed by atoms with E-state index in [4.69, 9.17) is 21.7 Å². The Kier molecular flexibility index (Phi) is 4.99. The van der Waals surface area contributed by atoms with E-state index in [0.717, 1.165) is 0 Å². The molecule has 7 nitrogen and oxygen atoms in total. The van der Waals surface area contributed by atoms with Gasteiger partial charge in [0.05, 0.1) is 11.3 Å².